The minimum absolute atomic E-state index is 0.243. The number of methoxy groups -OCH3 is 1. The molecule has 0 spiro atoms. The molecule has 0 saturated carbocycles. The van der Waals surface area contributed by atoms with E-state index in [0.29, 0.717) is 17.9 Å². The molecule has 1 rings (SSSR count). The highest BCUT2D eigenvalue weighted by atomic mass is 16.6. The number of carbonyl (C=O) groups excluding carboxylic acids is 1. The van der Waals surface area contributed by atoms with Crippen molar-refractivity contribution in [3.63, 3.8) is 0 Å². The van der Waals surface area contributed by atoms with E-state index in [9.17, 15) is 4.79 Å². The molecule has 0 bridgehead atoms. The third-order valence-corrected chi connectivity index (χ3v) is 2.10. The SMILES string of the molecule is C=Cc1ccc(OC(=O)CCC)c(OC)c1. The van der Waals surface area contributed by atoms with E-state index in [0.717, 1.165) is 12.0 Å². The molecule has 0 saturated heterocycles. The Morgan fingerprint density at radius 2 is 2.19 bits per heavy atom. The zero-order chi connectivity index (χ0) is 12.0. The molecule has 86 valence electrons. The molecule has 3 nitrogen and oxygen atoms in total. The maximum atomic E-state index is 11.3. The number of benzene rings is 1. The van der Waals surface area contributed by atoms with Gasteiger partial charge in [0.25, 0.3) is 0 Å². The molecule has 0 heterocycles. The molecule has 0 radical (unpaired) electrons. The van der Waals surface area contributed by atoms with Crippen molar-refractivity contribution in [3.05, 3.63) is 30.3 Å². The normalized spacial score (nSPS) is 9.62. The lowest BCUT2D eigenvalue weighted by molar-refractivity contribution is -0.134. The lowest BCUT2D eigenvalue weighted by Gasteiger charge is -2.09. The van der Waals surface area contributed by atoms with E-state index in [4.69, 9.17) is 9.47 Å². The van der Waals surface area contributed by atoms with Gasteiger partial charge in [-0.3, -0.25) is 4.79 Å². The summed E-state index contributed by atoms with van der Waals surface area (Å²) in [5, 5.41) is 0. The highest BCUT2D eigenvalue weighted by Gasteiger charge is 2.09. The number of hydrogen-bond donors (Lipinski definition) is 0. The van der Waals surface area contributed by atoms with Crippen molar-refractivity contribution in [2.45, 2.75) is 19.8 Å². The Labute approximate surface area is 95.7 Å². The topological polar surface area (TPSA) is 35.5 Å². The molecule has 0 unspecified atom stereocenters. The molecule has 0 aliphatic rings. The number of rotatable bonds is 5. The lowest BCUT2D eigenvalue weighted by Crippen LogP contribution is -2.07. The Balaban J connectivity index is 2.87. The molecular formula is C13H16O3. The van der Waals surface area contributed by atoms with Crippen molar-refractivity contribution >= 4 is 12.0 Å². The first kappa shape index (κ1) is 12.3. The third kappa shape index (κ3) is 3.12. The van der Waals surface area contributed by atoms with Gasteiger partial charge in [-0.05, 0) is 24.1 Å². The summed E-state index contributed by atoms with van der Waals surface area (Å²) >= 11 is 0. The van der Waals surface area contributed by atoms with Gasteiger partial charge in [0.2, 0.25) is 0 Å². The van der Waals surface area contributed by atoms with Crippen molar-refractivity contribution in [2.75, 3.05) is 7.11 Å². The Kier molecular flexibility index (Phi) is 4.58. The van der Waals surface area contributed by atoms with Gasteiger partial charge in [-0.15, -0.1) is 0 Å². The molecule has 0 amide bonds. The van der Waals surface area contributed by atoms with E-state index in [1.807, 2.05) is 13.0 Å². The van der Waals surface area contributed by atoms with Gasteiger partial charge in [0.15, 0.2) is 11.5 Å². The summed E-state index contributed by atoms with van der Waals surface area (Å²) in [5.41, 5.74) is 0.923. The minimum Gasteiger partial charge on any atom is -0.493 e. The molecule has 0 aliphatic carbocycles. The zero-order valence-electron chi connectivity index (χ0n) is 9.66. The monoisotopic (exact) mass is 220 g/mol. The predicted octanol–water partition coefficient (Wildman–Crippen LogP) is 3.04. The maximum Gasteiger partial charge on any atom is 0.311 e. The predicted molar refractivity (Wildman–Crippen MR) is 63.6 cm³/mol. The molecule has 1 aromatic rings. The van der Waals surface area contributed by atoms with Crippen molar-refractivity contribution in [1.82, 2.24) is 0 Å². The van der Waals surface area contributed by atoms with Gasteiger partial charge in [-0.2, -0.15) is 0 Å². The average Bonchev–Trinajstić information content (AvgIpc) is 2.30. The summed E-state index contributed by atoms with van der Waals surface area (Å²) in [6.07, 6.45) is 2.89. The summed E-state index contributed by atoms with van der Waals surface area (Å²) in [6.45, 7) is 5.59. The van der Waals surface area contributed by atoms with Crippen LogP contribution in [0, 0.1) is 0 Å². The van der Waals surface area contributed by atoms with Gasteiger partial charge in [0.05, 0.1) is 7.11 Å². The summed E-state index contributed by atoms with van der Waals surface area (Å²) in [6, 6.07) is 5.31. The van der Waals surface area contributed by atoms with Gasteiger partial charge in [0.1, 0.15) is 0 Å². The Hall–Kier alpha value is -1.77. The van der Waals surface area contributed by atoms with Crippen LogP contribution in [-0.2, 0) is 4.79 Å². The molecule has 1 aromatic carbocycles. The van der Waals surface area contributed by atoms with E-state index in [1.165, 1.54) is 0 Å². The van der Waals surface area contributed by atoms with E-state index >= 15 is 0 Å². The molecular weight excluding hydrogens is 204 g/mol. The highest BCUT2D eigenvalue weighted by Crippen LogP contribution is 2.28. The standard InChI is InChI=1S/C13H16O3/c1-4-6-13(14)16-11-8-7-10(5-2)9-12(11)15-3/h5,7-9H,2,4,6H2,1,3H3. The van der Waals surface area contributed by atoms with Crippen LogP contribution in [0.15, 0.2) is 24.8 Å². The first-order valence-electron chi connectivity index (χ1n) is 5.22. The lowest BCUT2D eigenvalue weighted by atomic mass is 10.2. The number of hydrogen-bond acceptors (Lipinski definition) is 3. The molecule has 0 aliphatic heterocycles. The molecule has 0 fully saturated rings. The first-order valence-corrected chi connectivity index (χ1v) is 5.22. The highest BCUT2D eigenvalue weighted by molar-refractivity contribution is 5.73. The maximum absolute atomic E-state index is 11.3. The summed E-state index contributed by atoms with van der Waals surface area (Å²) in [4.78, 5) is 11.3. The van der Waals surface area contributed by atoms with E-state index in [1.54, 1.807) is 25.3 Å². The van der Waals surface area contributed by atoms with Gasteiger partial charge < -0.3 is 9.47 Å². The second-order valence-corrected chi connectivity index (χ2v) is 3.34. The van der Waals surface area contributed by atoms with Crippen LogP contribution >= 0.6 is 0 Å². The summed E-state index contributed by atoms with van der Waals surface area (Å²) < 4.78 is 10.3. The fourth-order valence-corrected chi connectivity index (χ4v) is 1.27. The van der Waals surface area contributed by atoms with Gasteiger partial charge in [-0.1, -0.05) is 25.6 Å². The van der Waals surface area contributed by atoms with E-state index in [2.05, 4.69) is 6.58 Å². The van der Waals surface area contributed by atoms with Crippen LogP contribution < -0.4 is 9.47 Å². The second kappa shape index (κ2) is 5.95. The van der Waals surface area contributed by atoms with Crippen molar-refractivity contribution in [2.24, 2.45) is 0 Å². The number of esters is 1. The van der Waals surface area contributed by atoms with Crippen LogP contribution in [0.25, 0.3) is 6.08 Å². The third-order valence-electron chi connectivity index (χ3n) is 2.10. The van der Waals surface area contributed by atoms with Gasteiger partial charge in [-0.25, -0.2) is 0 Å². The average molecular weight is 220 g/mol. The quantitative estimate of drug-likeness (QED) is 0.565. The van der Waals surface area contributed by atoms with Crippen LogP contribution in [0.2, 0.25) is 0 Å². The number of ether oxygens (including phenoxy) is 2. The van der Waals surface area contributed by atoms with Gasteiger partial charge in [0, 0.05) is 6.42 Å². The first-order chi connectivity index (χ1) is 7.71. The fraction of sp³-hybridized carbons (Fsp3) is 0.308. The summed E-state index contributed by atoms with van der Waals surface area (Å²) in [5.74, 6) is 0.751. The fourth-order valence-electron chi connectivity index (χ4n) is 1.27. The van der Waals surface area contributed by atoms with Crippen molar-refractivity contribution < 1.29 is 14.3 Å². The summed E-state index contributed by atoms with van der Waals surface area (Å²) in [7, 11) is 1.54. The van der Waals surface area contributed by atoms with Crippen LogP contribution in [0.1, 0.15) is 25.3 Å². The van der Waals surface area contributed by atoms with E-state index in [-0.39, 0.29) is 5.97 Å². The largest absolute Gasteiger partial charge is 0.493 e. The Morgan fingerprint density at radius 1 is 1.44 bits per heavy atom. The van der Waals surface area contributed by atoms with Crippen LogP contribution in [-0.4, -0.2) is 13.1 Å². The second-order valence-electron chi connectivity index (χ2n) is 3.34. The van der Waals surface area contributed by atoms with Crippen LogP contribution in [0.5, 0.6) is 11.5 Å². The Bertz CT molecular complexity index is 383. The molecule has 0 aromatic heterocycles. The molecule has 16 heavy (non-hydrogen) atoms. The van der Waals surface area contributed by atoms with Gasteiger partial charge >= 0.3 is 5.97 Å². The van der Waals surface area contributed by atoms with Crippen LogP contribution in [0.4, 0.5) is 0 Å². The molecule has 0 atom stereocenters. The minimum atomic E-state index is -0.243. The van der Waals surface area contributed by atoms with Crippen LogP contribution in [0.3, 0.4) is 0 Å². The number of carbonyl (C=O) groups is 1. The van der Waals surface area contributed by atoms with E-state index < -0.39 is 0 Å². The molecule has 3 heteroatoms. The molecule has 0 N–H and O–H groups in total. The smallest absolute Gasteiger partial charge is 0.311 e. The Morgan fingerprint density at radius 3 is 2.75 bits per heavy atom. The van der Waals surface area contributed by atoms with Crippen molar-refractivity contribution in [3.8, 4) is 11.5 Å². The zero-order valence-corrected chi connectivity index (χ0v) is 9.66. The van der Waals surface area contributed by atoms with Crippen molar-refractivity contribution in [1.29, 1.82) is 0 Å².